The van der Waals surface area contributed by atoms with Gasteiger partial charge in [0.05, 0.1) is 18.9 Å². The minimum absolute atomic E-state index is 0.106. The third kappa shape index (κ3) is 11.4. The van der Waals surface area contributed by atoms with E-state index in [0.717, 1.165) is 38.4 Å². The van der Waals surface area contributed by atoms with Gasteiger partial charge in [0.1, 0.15) is 17.2 Å². The van der Waals surface area contributed by atoms with E-state index in [4.69, 9.17) is 9.47 Å². The topological polar surface area (TPSA) is 132 Å². The number of amides is 2. The number of nitrogens with zero attached hydrogens (tertiary/aromatic N) is 3. The summed E-state index contributed by atoms with van der Waals surface area (Å²) < 4.78 is 11.7. The SMILES string of the molecule is CN(Cc1ccccc1)C(=O)[C@H](Cc1ccc2ccccc2c1)N(CCC(=O)OC(C)(C)C)N(C(=O)OC(C)(C)C)[C@H](CC(=O)O)Cc1c[nH]c2ccccc12. The first-order valence-corrected chi connectivity index (χ1v) is 19.0. The highest BCUT2D eigenvalue weighted by molar-refractivity contribution is 5.86. The number of hydrogen-bond donors (Lipinski definition) is 2. The van der Waals surface area contributed by atoms with Crippen LogP contribution in [0.2, 0.25) is 0 Å². The fraction of sp³-hybridized carbons (Fsp3) is 0.378. The first kappa shape index (κ1) is 41.5. The number of benzene rings is 4. The largest absolute Gasteiger partial charge is 0.481 e. The lowest BCUT2D eigenvalue weighted by Crippen LogP contribution is -2.62. The van der Waals surface area contributed by atoms with Crippen LogP contribution in [0.4, 0.5) is 4.79 Å². The van der Waals surface area contributed by atoms with Crippen molar-refractivity contribution in [2.45, 2.75) is 97.1 Å². The molecule has 0 spiro atoms. The van der Waals surface area contributed by atoms with Crippen molar-refractivity contribution in [2.75, 3.05) is 13.6 Å². The van der Waals surface area contributed by atoms with E-state index < -0.39 is 47.7 Å². The molecule has 0 aliphatic rings. The molecule has 11 heteroatoms. The summed E-state index contributed by atoms with van der Waals surface area (Å²) in [6.07, 6.45) is 0.530. The van der Waals surface area contributed by atoms with Gasteiger partial charge in [-0.2, -0.15) is 0 Å². The molecule has 296 valence electrons. The summed E-state index contributed by atoms with van der Waals surface area (Å²) >= 11 is 0. The first-order chi connectivity index (χ1) is 26.5. The fourth-order valence-corrected chi connectivity index (χ4v) is 6.88. The van der Waals surface area contributed by atoms with Crippen LogP contribution in [0.25, 0.3) is 21.7 Å². The molecule has 2 atom stereocenters. The Bertz CT molecular complexity index is 2130. The van der Waals surface area contributed by atoms with Crippen molar-refractivity contribution < 1.29 is 33.8 Å². The van der Waals surface area contributed by atoms with Gasteiger partial charge in [0.15, 0.2) is 0 Å². The maximum absolute atomic E-state index is 15.0. The van der Waals surface area contributed by atoms with Crippen molar-refractivity contribution in [2.24, 2.45) is 0 Å². The van der Waals surface area contributed by atoms with Gasteiger partial charge in [-0.3, -0.25) is 14.4 Å². The minimum atomic E-state index is -1.14. The van der Waals surface area contributed by atoms with E-state index in [2.05, 4.69) is 4.98 Å². The van der Waals surface area contributed by atoms with Crippen LogP contribution in [0, 0.1) is 0 Å². The van der Waals surface area contributed by atoms with Crippen molar-refractivity contribution in [1.82, 2.24) is 19.9 Å². The van der Waals surface area contributed by atoms with Gasteiger partial charge in [-0.25, -0.2) is 14.8 Å². The van der Waals surface area contributed by atoms with Crippen LogP contribution in [0.1, 0.15) is 71.1 Å². The summed E-state index contributed by atoms with van der Waals surface area (Å²) in [5.41, 5.74) is 1.58. The van der Waals surface area contributed by atoms with Crippen molar-refractivity contribution >= 4 is 45.6 Å². The molecule has 4 aromatic carbocycles. The number of hydrogen-bond acceptors (Lipinski definition) is 7. The first-order valence-electron chi connectivity index (χ1n) is 19.0. The number of rotatable bonds is 15. The lowest BCUT2D eigenvalue weighted by atomic mass is 9.99. The molecule has 0 radical (unpaired) electrons. The molecule has 0 saturated carbocycles. The van der Waals surface area contributed by atoms with E-state index >= 15 is 4.79 Å². The van der Waals surface area contributed by atoms with Gasteiger partial charge in [0.25, 0.3) is 0 Å². The molecule has 5 aromatic rings. The predicted octanol–water partition coefficient (Wildman–Crippen LogP) is 8.16. The molecule has 11 nitrogen and oxygen atoms in total. The van der Waals surface area contributed by atoms with E-state index in [1.807, 2.05) is 103 Å². The summed E-state index contributed by atoms with van der Waals surface area (Å²) in [5, 5.41) is 16.1. The molecular formula is C45H54N4O7. The minimum Gasteiger partial charge on any atom is -0.481 e. The molecule has 56 heavy (non-hydrogen) atoms. The molecule has 0 unspecified atom stereocenters. The molecule has 2 N–H and O–H groups in total. The Morgan fingerprint density at radius 3 is 2.07 bits per heavy atom. The van der Waals surface area contributed by atoms with Crippen LogP contribution in [-0.4, -0.2) is 85.8 Å². The molecule has 0 saturated heterocycles. The van der Waals surface area contributed by atoms with E-state index in [1.54, 1.807) is 58.5 Å². The highest BCUT2D eigenvalue weighted by Crippen LogP contribution is 2.28. The zero-order chi connectivity index (χ0) is 40.6. The lowest BCUT2D eigenvalue weighted by molar-refractivity contribution is -0.162. The Labute approximate surface area is 329 Å². The quantitative estimate of drug-likeness (QED) is 0.0807. The number of carbonyl (C=O) groups is 4. The zero-order valence-corrected chi connectivity index (χ0v) is 33.5. The van der Waals surface area contributed by atoms with Gasteiger partial charge in [0.2, 0.25) is 5.91 Å². The number of ether oxygens (including phenoxy) is 2. The number of nitrogens with one attached hydrogen (secondary N) is 1. The van der Waals surface area contributed by atoms with Gasteiger partial charge in [-0.05, 0) is 87.9 Å². The average molecular weight is 763 g/mol. The number of likely N-dealkylation sites (N-methyl/N-ethyl adjacent to an activating group) is 1. The number of aromatic amines is 1. The van der Waals surface area contributed by atoms with Crippen molar-refractivity contribution in [3.05, 3.63) is 120 Å². The van der Waals surface area contributed by atoms with E-state index in [-0.39, 0.29) is 38.3 Å². The van der Waals surface area contributed by atoms with Gasteiger partial charge in [0, 0.05) is 37.2 Å². The monoisotopic (exact) mass is 762 g/mol. The highest BCUT2D eigenvalue weighted by Gasteiger charge is 2.41. The van der Waals surface area contributed by atoms with Crippen LogP contribution in [0.15, 0.2) is 103 Å². The Kier molecular flexibility index (Phi) is 13.2. The van der Waals surface area contributed by atoms with Crippen molar-refractivity contribution in [3.8, 4) is 0 Å². The Morgan fingerprint density at radius 1 is 0.750 bits per heavy atom. The second-order valence-electron chi connectivity index (χ2n) is 16.2. The van der Waals surface area contributed by atoms with E-state index in [0.29, 0.717) is 0 Å². The number of hydrazine groups is 1. The number of aromatic nitrogens is 1. The number of para-hydroxylation sites is 1. The van der Waals surface area contributed by atoms with Crippen molar-refractivity contribution in [1.29, 1.82) is 0 Å². The summed E-state index contributed by atoms with van der Waals surface area (Å²) in [4.78, 5) is 60.8. The summed E-state index contributed by atoms with van der Waals surface area (Å²) in [7, 11) is 1.70. The van der Waals surface area contributed by atoms with Crippen LogP contribution in [0.5, 0.6) is 0 Å². The van der Waals surface area contributed by atoms with Gasteiger partial charge in [-0.1, -0.05) is 91.0 Å². The summed E-state index contributed by atoms with van der Waals surface area (Å²) in [6.45, 7) is 10.6. The van der Waals surface area contributed by atoms with E-state index in [1.165, 1.54) is 5.01 Å². The standard InChI is InChI=1S/C45H54N4O7/c1-44(2,3)55-41(52)23-24-48(49(43(54)56-45(4,5)6)36(28-40(50)51)27-35-29-46-38-20-14-13-19-37(35)38)39(42(53)47(7)30-31-15-9-8-10-16-31)26-32-21-22-33-17-11-12-18-34(33)25-32/h8-22,25,29,36,39,46H,23-24,26-28,30H2,1-7H3,(H,50,51)/t36-,39-/m0/s1. The molecular weight excluding hydrogens is 709 g/mol. The number of fused-ring (bicyclic) bond motifs is 2. The normalized spacial score (nSPS) is 13.0. The van der Waals surface area contributed by atoms with E-state index in [9.17, 15) is 19.5 Å². The maximum Gasteiger partial charge on any atom is 0.425 e. The lowest BCUT2D eigenvalue weighted by Gasteiger charge is -2.44. The van der Waals surface area contributed by atoms with Gasteiger partial charge < -0.3 is 24.5 Å². The van der Waals surface area contributed by atoms with Gasteiger partial charge >= 0.3 is 18.0 Å². The Morgan fingerprint density at radius 2 is 1.39 bits per heavy atom. The molecule has 5 rings (SSSR count). The molecule has 0 aliphatic heterocycles. The maximum atomic E-state index is 15.0. The summed E-state index contributed by atoms with van der Waals surface area (Å²) in [5.74, 6) is -2.01. The molecule has 0 fully saturated rings. The molecule has 1 aromatic heterocycles. The molecule has 1 heterocycles. The Balaban J connectivity index is 1.68. The molecule has 2 amide bonds. The third-order valence-electron chi connectivity index (χ3n) is 9.24. The van der Waals surface area contributed by atoms with Crippen LogP contribution in [-0.2, 0) is 43.2 Å². The predicted molar refractivity (Wildman–Crippen MR) is 218 cm³/mol. The van der Waals surface area contributed by atoms with Crippen LogP contribution < -0.4 is 0 Å². The number of carboxylic acids is 1. The number of carbonyl (C=O) groups excluding carboxylic acids is 3. The molecule has 0 bridgehead atoms. The average Bonchev–Trinajstić information content (AvgIpc) is 3.53. The van der Waals surface area contributed by atoms with Gasteiger partial charge in [-0.15, -0.1) is 0 Å². The zero-order valence-electron chi connectivity index (χ0n) is 33.5. The number of esters is 1. The second kappa shape index (κ2) is 17.8. The van der Waals surface area contributed by atoms with Crippen LogP contribution >= 0.6 is 0 Å². The molecule has 0 aliphatic carbocycles. The number of carboxylic acid groups (broad SMARTS) is 1. The Hall–Kier alpha value is -5.68. The second-order valence-corrected chi connectivity index (χ2v) is 16.2. The third-order valence-corrected chi connectivity index (χ3v) is 9.24. The summed E-state index contributed by atoms with van der Waals surface area (Å²) in [6, 6.07) is 28.9. The van der Waals surface area contributed by atoms with Crippen LogP contribution in [0.3, 0.4) is 0 Å². The number of H-pyrrole nitrogens is 1. The fourth-order valence-electron chi connectivity index (χ4n) is 6.88. The smallest absolute Gasteiger partial charge is 0.425 e. The highest BCUT2D eigenvalue weighted by atomic mass is 16.6. The van der Waals surface area contributed by atoms with Crippen molar-refractivity contribution in [3.63, 3.8) is 0 Å². The number of aliphatic carboxylic acids is 1.